The summed E-state index contributed by atoms with van der Waals surface area (Å²) in [5.41, 5.74) is 0. The summed E-state index contributed by atoms with van der Waals surface area (Å²) in [4.78, 5) is 0. The standard InChI is InChI=1S/C15H30/c1-6-8-11(3)9-12(4)13(5)15-10-14(15)7-2/h11-15H,6-10H2,1-5H3. The molecule has 0 aromatic heterocycles. The molecule has 15 heavy (non-hydrogen) atoms. The van der Waals surface area contributed by atoms with Crippen molar-refractivity contribution in [2.24, 2.45) is 29.6 Å². The predicted molar refractivity (Wildman–Crippen MR) is 68.9 cm³/mol. The van der Waals surface area contributed by atoms with Crippen LogP contribution in [0.3, 0.4) is 0 Å². The van der Waals surface area contributed by atoms with Gasteiger partial charge in [0.05, 0.1) is 0 Å². The van der Waals surface area contributed by atoms with Crippen molar-refractivity contribution in [2.45, 2.75) is 66.7 Å². The number of hydrogen-bond acceptors (Lipinski definition) is 0. The molecule has 5 atom stereocenters. The van der Waals surface area contributed by atoms with E-state index >= 15 is 0 Å². The molecule has 0 spiro atoms. The second-order valence-electron chi connectivity index (χ2n) is 6.03. The van der Waals surface area contributed by atoms with E-state index < -0.39 is 0 Å². The van der Waals surface area contributed by atoms with Crippen molar-refractivity contribution in [1.29, 1.82) is 0 Å². The molecule has 1 aliphatic rings. The largest absolute Gasteiger partial charge is 0.0654 e. The summed E-state index contributed by atoms with van der Waals surface area (Å²) in [5, 5.41) is 0. The fourth-order valence-corrected chi connectivity index (χ4v) is 3.27. The Morgan fingerprint density at radius 3 is 2.27 bits per heavy atom. The highest BCUT2D eigenvalue weighted by atomic mass is 14.5. The maximum atomic E-state index is 2.49. The normalized spacial score (nSPS) is 31.0. The lowest BCUT2D eigenvalue weighted by Gasteiger charge is -2.23. The minimum absolute atomic E-state index is 0.936. The van der Waals surface area contributed by atoms with Gasteiger partial charge in [-0.1, -0.05) is 53.9 Å². The van der Waals surface area contributed by atoms with Gasteiger partial charge in [0, 0.05) is 0 Å². The van der Waals surface area contributed by atoms with Crippen LogP contribution in [-0.4, -0.2) is 0 Å². The van der Waals surface area contributed by atoms with Gasteiger partial charge in [0.15, 0.2) is 0 Å². The van der Waals surface area contributed by atoms with Crippen molar-refractivity contribution < 1.29 is 0 Å². The average Bonchev–Trinajstić information content (AvgIpc) is 2.95. The molecule has 0 nitrogen and oxygen atoms in total. The molecule has 0 radical (unpaired) electrons. The third kappa shape index (κ3) is 3.81. The first-order valence-corrected chi connectivity index (χ1v) is 7.10. The zero-order chi connectivity index (χ0) is 11.4. The van der Waals surface area contributed by atoms with Gasteiger partial charge in [-0.2, -0.15) is 0 Å². The van der Waals surface area contributed by atoms with E-state index in [1.165, 1.54) is 32.1 Å². The molecule has 0 heterocycles. The molecule has 5 unspecified atom stereocenters. The Bertz CT molecular complexity index is 173. The van der Waals surface area contributed by atoms with Crippen molar-refractivity contribution in [3.8, 4) is 0 Å². The van der Waals surface area contributed by atoms with Gasteiger partial charge in [-0.25, -0.2) is 0 Å². The van der Waals surface area contributed by atoms with Crippen LogP contribution in [0.15, 0.2) is 0 Å². The van der Waals surface area contributed by atoms with E-state index in [-0.39, 0.29) is 0 Å². The lowest BCUT2D eigenvalue weighted by Crippen LogP contribution is -2.14. The Balaban J connectivity index is 2.24. The van der Waals surface area contributed by atoms with Crippen LogP contribution in [0.5, 0.6) is 0 Å². The molecule has 0 saturated heterocycles. The van der Waals surface area contributed by atoms with E-state index in [4.69, 9.17) is 0 Å². The van der Waals surface area contributed by atoms with Crippen molar-refractivity contribution in [3.63, 3.8) is 0 Å². The van der Waals surface area contributed by atoms with E-state index in [1.54, 1.807) is 0 Å². The first-order chi connectivity index (χ1) is 7.10. The summed E-state index contributed by atoms with van der Waals surface area (Å²) in [7, 11) is 0. The maximum Gasteiger partial charge on any atom is -0.0355 e. The van der Waals surface area contributed by atoms with Crippen LogP contribution in [0, 0.1) is 29.6 Å². The summed E-state index contributed by atoms with van der Waals surface area (Å²) in [6.07, 6.45) is 7.14. The van der Waals surface area contributed by atoms with Crippen LogP contribution < -0.4 is 0 Å². The molecule has 1 saturated carbocycles. The van der Waals surface area contributed by atoms with E-state index in [9.17, 15) is 0 Å². The van der Waals surface area contributed by atoms with Gasteiger partial charge >= 0.3 is 0 Å². The third-order valence-electron chi connectivity index (χ3n) is 4.63. The first kappa shape index (κ1) is 13.1. The van der Waals surface area contributed by atoms with Crippen molar-refractivity contribution in [1.82, 2.24) is 0 Å². The fraction of sp³-hybridized carbons (Fsp3) is 1.00. The summed E-state index contributed by atoms with van der Waals surface area (Å²) >= 11 is 0. The molecular formula is C15H30. The zero-order valence-corrected chi connectivity index (χ0v) is 11.4. The van der Waals surface area contributed by atoms with E-state index in [1.807, 2.05) is 0 Å². The molecule has 0 aliphatic heterocycles. The monoisotopic (exact) mass is 210 g/mol. The molecule has 90 valence electrons. The Hall–Kier alpha value is 0. The number of hydrogen-bond donors (Lipinski definition) is 0. The molecule has 0 N–H and O–H groups in total. The summed E-state index contributed by atoms with van der Waals surface area (Å²) in [6.45, 7) is 12.0. The van der Waals surface area contributed by atoms with Crippen molar-refractivity contribution in [3.05, 3.63) is 0 Å². The van der Waals surface area contributed by atoms with Crippen LogP contribution in [0.1, 0.15) is 66.7 Å². The van der Waals surface area contributed by atoms with Gasteiger partial charge in [-0.3, -0.25) is 0 Å². The Morgan fingerprint density at radius 1 is 1.13 bits per heavy atom. The van der Waals surface area contributed by atoms with Gasteiger partial charge in [0.2, 0.25) is 0 Å². The zero-order valence-electron chi connectivity index (χ0n) is 11.4. The highest BCUT2D eigenvalue weighted by Crippen LogP contribution is 2.49. The quantitative estimate of drug-likeness (QED) is 0.546. The molecule has 0 aromatic rings. The molecular weight excluding hydrogens is 180 g/mol. The maximum absolute atomic E-state index is 2.49. The van der Waals surface area contributed by atoms with Crippen molar-refractivity contribution in [2.75, 3.05) is 0 Å². The van der Waals surface area contributed by atoms with Crippen LogP contribution in [0.25, 0.3) is 0 Å². The highest BCUT2D eigenvalue weighted by molar-refractivity contribution is 4.90. The summed E-state index contributed by atoms with van der Waals surface area (Å²) in [6, 6.07) is 0. The fourth-order valence-electron chi connectivity index (χ4n) is 3.27. The van der Waals surface area contributed by atoms with Crippen molar-refractivity contribution >= 4 is 0 Å². The van der Waals surface area contributed by atoms with Gasteiger partial charge in [-0.05, 0) is 42.4 Å². The third-order valence-corrected chi connectivity index (χ3v) is 4.63. The predicted octanol–water partition coefficient (Wildman–Crippen LogP) is 5.13. The Kier molecular flexibility index (Phi) is 5.15. The van der Waals surface area contributed by atoms with Gasteiger partial charge in [0.1, 0.15) is 0 Å². The molecule has 0 aromatic carbocycles. The second kappa shape index (κ2) is 5.92. The lowest BCUT2D eigenvalue weighted by molar-refractivity contribution is 0.270. The van der Waals surface area contributed by atoms with Crippen LogP contribution in [0.2, 0.25) is 0 Å². The number of rotatable bonds is 7. The van der Waals surface area contributed by atoms with Gasteiger partial charge in [0.25, 0.3) is 0 Å². The summed E-state index contributed by atoms with van der Waals surface area (Å²) in [5.74, 6) is 4.98. The smallest absolute Gasteiger partial charge is 0.0355 e. The average molecular weight is 210 g/mol. The van der Waals surface area contributed by atoms with Crippen LogP contribution >= 0.6 is 0 Å². The molecule has 1 aliphatic carbocycles. The minimum Gasteiger partial charge on any atom is -0.0654 e. The van der Waals surface area contributed by atoms with E-state index in [0.717, 1.165) is 29.6 Å². The van der Waals surface area contributed by atoms with Gasteiger partial charge in [-0.15, -0.1) is 0 Å². The van der Waals surface area contributed by atoms with E-state index in [2.05, 4.69) is 34.6 Å². The molecule has 1 fully saturated rings. The van der Waals surface area contributed by atoms with Crippen LogP contribution in [0.4, 0.5) is 0 Å². The highest BCUT2D eigenvalue weighted by Gasteiger charge is 2.41. The minimum atomic E-state index is 0.936. The first-order valence-electron chi connectivity index (χ1n) is 7.10. The Labute approximate surface area is 96.8 Å². The molecule has 1 rings (SSSR count). The molecule has 0 amide bonds. The molecule has 0 heteroatoms. The second-order valence-corrected chi connectivity index (χ2v) is 6.03. The SMILES string of the molecule is CCCC(C)CC(C)C(C)C1CC1CC. The lowest BCUT2D eigenvalue weighted by atomic mass is 9.83. The van der Waals surface area contributed by atoms with E-state index in [0.29, 0.717) is 0 Å². The molecule has 0 bridgehead atoms. The van der Waals surface area contributed by atoms with Crippen LogP contribution in [-0.2, 0) is 0 Å². The van der Waals surface area contributed by atoms with Gasteiger partial charge < -0.3 is 0 Å². The summed E-state index contributed by atoms with van der Waals surface area (Å²) < 4.78 is 0. The topological polar surface area (TPSA) is 0 Å². The Morgan fingerprint density at radius 2 is 1.80 bits per heavy atom.